The first-order chi connectivity index (χ1) is 7.31. The summed E-state index contributed by atoms with van der Waals surface area (Å²) in [6.45, 7) is 6.49. The molecule has 1 saturated heterocycles. The Kier molecular flexibility index (Phi) is 3.91. The molecule has 0 aromatic carbocycles. The molecule has 16 heavy (non-hydrogen) atoms. The van der Waals surface area contributed by atoms with Crippen molar-refractivity contribution in [3.8, 4) is 0 Å². The summed E-state index contributed by atoms with van der Waals surface area (Å²) in [5, 5.41) is 9.06. The molecule has 5 nitrogen and oxygen atoms in total. The molecule has 92 valence electrons. The minimum absolute atomic E-state index is 0.648. The van der Waals surface area contributed by atoms with E-state index in [1.165, 1.54) is 0 Å². The molecule has 0 saturated carbocycles. The third-order valence-electron chi connectivity index (χ3n) is 2.37. The summed E-state index contributed by atoms with van der Waals surface area (Å²) in [6.07, 6.45) is 1.87. The maximum atomic E-state index is 11.7. The molecule has 0 spiro atoms. The van der Waals surface area contributed by atoms with Crippen molar-refractivity contribution in [3.05, 3.63) is 0 Å². The first kappa shape index (κ1) is 13.0. The largest absolute Gasteiger partial charge is 0.480 e. The third-order valence-corrected chi connectivity index (χ3v) is 2.37. The smallest absolute Gasteiger partial charge is 0.335 e. The van der Waals surface area contributed by atoms with Gasteiger partial charge < -0.3 is 9.84 Å². The highest BCUT2D eigenvalue weighted by molar-refractivity contribution is 5.98. The van der Waals surface area contributed by atoms with Crippen LogP contribution in [0.3, 0.4) is 0 Å². The third kappa shape index (κ3) is 3.48. The minimum Gasteiger partial charge on any atom is -0.480 e. The highest BCUT2D eigenvalue weighted by atomic mass is 16.6. The number of likely N-dealkylation sites (tertiary alicyclic amines) is 1. The van der Waals surface area contributed by atoms with Gasteiger partial charge in [0.25, 0.3) is 0 Å². The summed E-state index contributed by atoms with van der Waals surface area (Å²) >= 11 is 0. The standard InChI is InChI=1S/C11H19NO4/c1-11(2,3)16-10(15)8(9(13)14)12-6-4-5-7-12/h8H,4-7H2,1-3H3,(H,13,14). The second-order valence-electron chi connectivity index (χ2n) is 5.02. The van der Waals surface area contributed by atoms with Crippen LogP contribution in [0.15, 0.2) is 0 Å². The zero-order valence-electron chi connectivity index (χ0n) is 10.0. The van der Waals surface area contributed by atoms with Gasteiger partial charge in [-0.15, -0.1) is 0 Å². The molecule has 1 aliphatic rings. The number of nitrogens with zero attached hydrogens (tertiary/aromatic N) is 1. The molecule has 0 radical (unpaired) electrons. The van der Waals surface area contributed by atoms with E-state index >= 15 is 0 Å². The summed E-state index contributed by atoms with van der Waals surface area (Å²) in [5.41, 5.74) is -0.648. The normalized spacial score (nSPS) is 19.4. The van der Waals surface area contributed by atoms with Gasteiger partial charge in [-0.3, -0.25) is 4.90 Å². The van der Waals surface area contributed by atoms with E-state index in [9.17, 15) is 9.59 Å². The molecular formula is C11H19NO4. The summed E-state index contributed by atoms with van der Waals surface area (Å²) < 4.78 is 5.11. The monoisotopic (exact) mass is 229 g/mol. The van der Waals surface area contributed by atoms with Gasteiger partial charge in [0.05, 0.1) is 0 Å². The van der Waals surface area contributed by atoms with Gasteiger partial charge >= 0.3 is 11.9 Å². The van der Waals surface area contributed by atoms with Crippen LogP contribution in [0.2, 0.25) is 0 Å². The second-order valence-corrected chi connectivity index (χ2v) is 5.02. The van der Waals surface area contributed by atoms with Gasteiger partial charge in [-0.2, -0.15) is 0 Å². The Morgan fingerprint density at radius 2 is 1.75 bits per heavy atom. The molecule has 1 heterocycles. The molecule has 1 aliphatic heterocycles. The van der Waals surface area contributed by atoms with Crippen molar-refractivity contribution in [1.29, 1.82) is 0 Å². The summed E-state index contributed by atoms with van der Waals surface area (Å²) in [5.74, 6) is -1.79. The number of carbonyl (C=O) groups excluding carboxylic acids is 1. The first-order valence-corrected chi connectivity index (χ1v) is 5.51. The molecule has 1 unspecified atom stereocenters. The molecule has 1 fully saturated rings. The molecule has 1 N–H and O–H groups in total. The van der Waals surface area contributed by atoms with Crippen molar-refractivity contribution < 1.29 is 19.4 Å². The molecule has 0 aliphatic carbocycles. The topological polar surface area (TPSA) is 66.8 Å². The lowest BCUT2D eigenvalue weighted by atomic mass is 10.2. The highest BCUT2D eigenvalue weighted by Gasteiger charge is 2.37. The van der Waals surface area contributed by atoms with Crippen molar-refractivity contribution in [1.82, 2.24) is 4.90 Å². The Morgan fingerprint density at radius 1 is 1.25 bits per heavy atom. The van der Waals surface area contributed by atoms with Crippen LogP contribution < -0.4 is 0 Å². The van der Waals surface area contributed by atoms with Crippen molar-refractivity contribution in [2.24, 2.45) is 0 Å². The van der Waals surface area contributed by atoms with Gasteiger partial charge in [-0.1, -0.05) is 0 Å². The van der Waals surface area contributed by atoms with Crippen LogP contribution in [-0.4, -0.2) is 46.7 Å². The molecular weight excluding hydrogens is 210 g/mol. The Morgan fingerprint density at radius 3 is 2.12 bits per heavy atom. The molecule has 0 amide bonds. The van der Waals surface area contributed by atoms with E-state index in [0.29, 0.717) is 13.1 Å². The maximum absolute atomic E-state index is 11.7. The van der Waals surface area contributed by atoms with E-state index in [2.05, 4.69) is 0 Å². The average Bonchev–Trinajstić information content (AvgIpc) is 2.52. The van der Waals surface area contributed by atoms with E-state index < -0.39 is 23.6 Å². The van der Waals surface area contributed by atoms with E-state index in [-0.39, 0.29) is 0 Å². The summed E-state index contributed by atoms with van der Waals surface area (Å²) in [7, 11) is 0. The van der Waals surface area contributed by atoms with Crippen LogP contribution >= 0.6 is 0 Å². The Bertz CT molecular complexity index is 276. The Hall–Kier alpha value is -1.10. The summed E-state index contributed by atoms with van der Waals surface area (Å²) in [4.78, 5) is 24.5. The second kappa shape index (κ2) is 4.82. The van der Waals surface area contributed by atoms with Crippen molar-refractivity contribution in [2.45, 2.75) is 45.3 Å². The lowest BCUT2D eigenvalue weighted by molar-refractivity contribution is -0.168. The number of carbonyl (C=O) groups is 2. The Balaban J connectivity index is 2.70. The summed E-state index contributed by atoms with van der Waals surface area (Å²) in [6, 6.07) is -1.15. The minimum atomic E-state index is -1.15. The van der Waals surface area contributed by atoms with E-state index in [4.69, 9.17) is 9.84 Å². The first-order valence-electron chi connectivity index (χ1n) is 5.51. The zero-order valence-corrected chi connectivity index (χ0v) is 10.0. The van der Waals surface area contributed by atoms with E-state index in [1.54, 1.807) is 25.7 Å². The molecule has 1 atom stereocenters. The van der Waals surface area contributed by atoms with Gasteiger partial charge in [0, 0.05) is 0 Å². The van der Waals surface area contributed by atoms with Gasteiger partial charge in [-0.25, -0.2) is 9.59 Å². The number of hydrogen-bond acceptors (Lipinski definition) is 4. The Labute approximate surface area is 95.4 Å². The van der Waals surface area contributed by atoms with Crippen molar-refractivity contribution in [2.75, 3.05) is 13.1 Å². The molecule has 0 bridgehead atoms. The van der Waals surface area contributed by atoms with Crippen LogP contribution in [-0.2, 0) is 14.3 Å². The maximum Gasteiger partial charge on any atom is 0.335 e. The SMILES string of the molecule is CC(C)(C)OC(=O)C(C(=O)O)N1CCCC1. The number of rotatable bonds is 3. The molecule has 5 heteroatoms. The lowest BCUT2D eigenvalue weighted by Crippen LogP contribution is -2.48. The molecule has 0 aromatic rings. The van der Waals surface area contributed by atoms with Gasteiger partial charge in [0.2, 0.25) is 6.04 Å². The van der Waals surface area contributed by atoms with Crippen LogP contribution in [0.25, 0.3) is 0 Å². The molecule has 1 rings (SSSR count). The zero-order chi connectivity index (χ0) is 12.3. The average molecular weight is 229 g/mol. The predicted octanol–water partition coefficient (Wildman–Crippen LogP) is 0.877. The van der Waals surface area contributed by atoms with E-state index in [0.717, 1.165) is 12.8 Å². The van der Waals surface area contributed by atoms with Crippen LogP contribution in [0.1, 0.15) is 33.6 Å². The van der Waals surface area contributed by atoms with Gasteiger partial charge in [0.1, 0.15) is 5.60 Å². The number of carboxylic acid groups (broad SMARTS) is 1. The molecule has 0 aromatic heterocycles. The number of hydrogen-bond donors (Lipinski definition) is 1. The quantitative estimate of drug-likeness (QED) is 0.574. The number of ether oxygens (including phenoxy) is 1. The fraction of sp³-hybridized carbons (Fsp3) is 0.818. The predicted molar refractivity (Wildman–Crippen MR) is 58.1 cm³/mol. The van der Waals surface area contributed by atoms with Crippen LogP contribution in [0.4, 0.5) is 0 Å². The highest BCUT2D eigenvalue weighted by Crippen LogP contribution is 2.16. The van der Waals surface area contributed by atoms with Gasteiger partial charge in [0.15, 0.2) is 0 Å². The van der Waals surface area contributed by atoms with Crippen LogP contribution in [0.5, 0.6) is 0 Å². The number of aliphatic carboxylic acids is 1. The van der Waals surface area contributed by atoms with E-state index in [1.807, 2.05) is 0 Å². The lowest BCUT2D eigenvalue weighted by Gasteiger charge is -2.26. The van der Waals surface area contributed by atoms with Gasteiger partial charge in [-0.05, 0) is 46.7 Å². The number of carboxylic acids is 1. The number of esters is 1. The fourth-order valence-corrected chi connectivity index (χ4v) is 1.76. The fourth-order valence-electron chi connectivity index (χ4n) is 1.76. The van der Waals surface area contributed by atoms with Crippen LogP contribution in [0, 0.1) is 0 Å². The van der Waals surface area contributed by atoms with Crippen molar-refractivity contribution in [3.63, 3.8) is 0 Å². The van der Waals surface area contributed by atoms with Crippen molar-refractivity contribution >= 4 is 11.9 Å².